The van der Waals surface area contributed by atoms with Gasteiger partial charge >= 0.3 is 0 Å². The van der Waals surface area contributed by atoms with Crippen molar-refractivity contribution in [1.29, 1.82) is 0 Å². The molecule has 0 aliphatic rings. The van der Waals surface area contributed by atoms with E-state index in [0.717, 1.165) is 11.1 Å². The monoisotopic (exact) mass is 339 g/mol. The molecule has 0 aliphatic heterocycles. The molecule has 0 spiro atoms. The maximum absolute atomic E-state index is 12.3. The molecule has 2 aromatic rings. The van der Waals surface area contributed by atoms with Crippen molar-refractivity contribution in [2.75, 3.05) is 13.2 Å². The third-order valence-electron chi connectivity index (χ3n) is 3.58. The van der Waals surface area contributed by atoms with Crippen molar-refractivity contribution < 1.29 is 13.5 Å². The predicted octanol–water partition coefficient (Wildman–Crippen LogP) is 2.89. The van der Waals surface area contributed by atoms with Gasteiger partial charge in [0.1, 0.15) is 0 Å². The maximum Gasteiger partial charge on any atom is 0.240 e. The Morgan fingerprint density at radius 1 is 1.27 bits per heavy atom. The third-order valence-corrected chi connectivity index (χ3v) is 5.74. The van der Waals surface area contributed by atoms with Crippen molar-refractivity contribution in [2.24, 2.45) is 0 Å². The van der Waals surface area contributed by atoms with Crippen LogP contribution in [-0.4, -0.2) is 26.7 Å². The van der Waals surface area contributed by atoms with Crippen molar-refractivity contribution in [1.82, 2.24) is 4.72 Å². The fraction of sp³-hybridized carbons (Fsp3) is 0.375. The molecule has 2 N–H and O–H groups in total. The molecule has 0 bridgehead atoms. The number of aryl methyl sites for hydroxylation is 1. The lowest BCUT2D eigenvalue weighted by atomic mass is 9.95. The molecule has 0 fully saturated rings. The molecule has 0 radical (unpaired) electrons. The van der Waals surface area contributed by atoms with E-state index in [-0.39, 0.29) is 12.5 Å². The van der Waals surface area contributed by atoms with Gasteiger partial charge in [-0.1, -0.05) is 12.1 Å². The highest BCUT2D eigenvalue weighted by Gasteiger charge is 2.16. The van der Waals surface area contributed by atoms with Crippen molar-refractivity contribution >= 4 is 21.4 Å². The van der Waals surface area contributed by atoms with Crippen LogP contribution in [0.4, 0.5) is 0 Å². The van der Waals surface area contributed by atoms with Gasteiger partial charge in [-0.25, -0.2) is 13.1 Å². The summed E-state index contributed by atoms with van der Waals surface area (Å²) < 4.78 is 27.2. The molecule has 0 unspecified atom stereocenters. The van der Waals surface area contributed by atoms with Crippen molar-refractivity contribution in [3.05, 3.63) is 52.2 Å². The lowest BCUT2D eigenvalue weighted by Crippen LogP contribution is -2.26. The first-order valence-electron chi connectivity index (χ1n) is 7.22. The van der Waals surface area contributed by atoms with Crippen LogP contribution in [0.15, 0.2) is 46.0 Å². The lowest BCUT2D eigenvalue weighted by Gasteiger charge is -2.15. The van der Waals surface area contributed by atoms with Gasteiger partial charge in [-0.15, -0.1) is 0 Å². The molecule has 0 saturated carbocycles. The van der Waals surface area contributed by atoms with Crippen LogP contribution in [0, 0.1) is 6.92 Å². The Kier molecular flexibility index (Phi) is 6.14. The molecule has 0 saturated heterocycles. The zero-order valence-electron chi connectivity index (χ0n) is 12.5. The summed E-state index contributed by atoms with van der Waals surface area (Å²) in [6.07, 6.45) is 1.31. The first kappa shape index (κ1) is 17.1. The van der Waals surface area contributed by atoms with Gasteiger partial charge in [0.2, 0.25) is 10.0 Å². The molecule has 1 aromatic carbocycles. The van der Waals surface area contributed by atoms with Gasteiger partial charge in [0.05, 0.1) is 4.90 Å². The zero-order valence-corrected chi connectivity index (χ0v) is 14.2. The molecule has 2 rings (SSSR count). The van der Waals surface area contributed by atoms with Crippen LogP contribution in [-0.2, 0) is 10.0 Å². The minimum absolute atomic E-state index is 0.102. The smallest absolute Gasteiger partial charge is 0.240 e. The number of aliphatic hydroxyl groups excluding tert-OH is 1. The van der Waals surface area contributed by atoms with E-state index in [9.17, 15) is 8.42 Å². The Morgan fingerprint density at radius 3 is 2.73 bits per heavy atom. The summed E-state index contributed by atoms with van der Waals surface area (Å²) in [5, 5.41) is 13.2. The van der Waals surface area contributed by atoms with E-state index >= 15 is 0 Å². The van der Waals surface area contributed by atoms with Crippen LogP contribution in [0.3, 0.4) is 0 Å². The van der Waals surface area contributed by atoms with E-state index in [0.29, 0.717) is 24.3 Å². The minimum Gasteiger partial charge on any atom is -0.396 e. The minimum atomic E-state index is -3.47. The number of hydrogen-bond donors (Lipinski definition) is 2. The topological polar surface area (TPSA) is 66.4 Å². The molecule has 4 nitrogen and oxygen atoms in total. The average Bonchev–Trinajstić information content (AvgIpc) is 3.00. The summed E-state index contributed by atoms with van der Waals surface area (Å²) in [7, 11) is -3.47. The standard InChI is InChI=1S/C16H21NO3S2/c1-13-3-2-4-16(11-13)22(19,20)17-8-5-14(6-9-18)15-7-10-21-12-15/h2-4,7,10-12,14,17-18H,5-6,8-9H2,1H3/t14-/m1/s1. The number of rotatable bonds is 8. The van der Waals surface area contributed by atoms with Crippen LogP contribution < -0.4 is 4.72 Å². The second-order valence-electron chi connectivity index (χ2n) is 5.27. The second-order valence-corrected chi connectivity index (χ2v) is 7.82. The fourth-order valence-electron chi connectivity index (χ4n) is 2.37. The van der Waals surface area contributed by atoms with E-state index in [4.69, 9.17) is 5.11 Å². The van der Waals surface area contributed by atoms with E-state index < -0.39 is 10.0 Å². The molecule has 1 aromatic heterocycles. The number of nitrogens with one attached hydrogen (secondary N) is 1. The first-order valence-corrected chi connectivity index (χ1v) is 9.65. The first-order chi connectivity index (χ1) is 10.5. The molecule has 6 heteroatoms. The van der Waals surface area contributed by atoms with Gasteiger partial charge in [0.15, 0.2) is 0 Å². The highest BCUT2D eigenvalue weighted by molar-refractivity contribution is 7.89. The Morgan fingerprint density at radius 2 is 2.09 bits per heavy atom. The van der Waals surface area contributed by atoms with E-state index in [1.54, 1.807) is 29.5 Å². The highest BCUT2D eigenvalue weighted by atomic mass is 32.2. The molecule has 0 amide bonds. The summed E-state index contributed by atoms with van der Waals surface area (Å²) >= 11 is 1.61. The lowest BCUT2D eigenvalue weighted by molar-refractivity contribution is 0.273. The summed E-state index contributed by atoms with van der Waals surface area (Å²) in [6, 6.07) is 8.89. The zero-order chi connectivity index (χ0) is 16.0. The van der Waals surface area contributed by atoms with Gasteiger partial charge in [-0.3, -0.25) is 0 Å². The molecule has 1 heterocycles. The Labute approximate surface area is 135 Å². The Balaban J connectivity index is 1.97. The number of benzene rings is 1. The number of aliphatic hydroxyl groups is 1. The average molecular weight is 339 g/mol. The van der Waals surface area contributed by atoms with E-state index in [2.05, 4.69) is 10.1 Å². The SMILES string of the molecule is Cc1cccc(S(=O)(=O)NCC[C@H](CCO)c2ccsc2)c1. The van der Waals surface area contributed by atoms with E-state index in [1.807, 2.05) is 24.4 Å². The van der Waals surface area contributed by atoms with Crippen molar-refractivity contribution in [3.63, 3.8) is 0 Å². The predicted molar refractivity (Wildman–Crippen MR) is 89.7 cm³/mol. The summed E-state index contributed by atoms with van der Waals surface area (Å²) in [6.45, 7) is 2.33. The molecule has 0 aliphatic carbocycles. The second kappa shape index (κ2) is 7.87. The van der Waals surface area contributed by atoms with Crippen molar-refractivity contribution in [2.45, 2.75) is 30.6 Å². The molecular formula is C16H21NO3S2. The highest BCUT2D eigenvalue weighted by Crippen LogP contribution is 2.25. The quantitative estimate of drug-likeness (QED) is 0.777. The van der Waals surface area contributed by atoms with Crippen LogP contribution in [0.2, 0.25) is 0 Å². The Hall–Kier alpha value is -1.21. The molecular weight excluding hydrogens is 318 g/mol. The Bertz CT molecular complexity index is 681. The van der Waals surface area contributed by atoms with Crippen LogP contribution in [0.5, 0.6) is 0 Å². The van der Waals surface area contributed by atoms with E-state index in [1.165, 1.54) is 0 Å². The molecule has 1 atom stereocenters. The normalized spacial score (nSPS) is 13.2. The van der Waals surface area contributed by atoms with Gasteiger partial charge in [-0.2, -0.15) is 11.3 Å². The van der Waals surface area contributed by atoms with Gasteiger partial charge in [-0.05, 0) is 65.8 Å². The summed E-state index contributed by atoms with van der Waals surface area (Å²) in [4.78, 5) is 0.293. The molecule has 120 valence electrons. The van der Waals surface area contributed by atoms with Gasteiger partial charge in [0, 0.05) is 13.2 Å². The van der Waals surface area contributed by atoms with Crippen molar-refractivity contribution in [3.8, 4) is 0 Å². The number of sulfonamides is 1. The number of thiophene rings is 1. The van der Waals surface area contributed by atoms with Crippen LogP contribution >= 0.6 is 11.3 Å². The molecule has 22 heavy (non-hydrogen) atoms. The van der Waals surface area contributed by atoms with Gasteiger partial charge < -0.3 is 5.11 Å². The summed E-state index contributed by atoms with van der Waals surface area (Å²) in [5.41, 5.74) is 2.08. The van der Waals surface area contributed by atoms with Crippen LogP contribution in [0.1, 0.15) is 29.9 Å². The fourth-order valence-corrected chi connectivity index (χ4v) is 4.27. The largest absolute Gasteiger partial charge is 0.396 e. The maximum atomic E-state index is 12.3. The summed E-state index contributed by atoms with van der Waals surface area (Å²) in [5.74, 6) is 0.177. The third kappa shape index (κ3) is 4.64. The van der Waals surface area contributed by atoms with Gasteiger partial charge in [0.25, 0.3) is 0 Å². The van der Waals surface area contributed by atoms with Crippen LogP contribution in [0.25, 0.3) is 0 Å². The number of hydrogen-bond acceptors (Lipinski definition) is 4.